The molecule has 0 amide bonds. The topological polar surface area (TPSA) is 96.3 Å². The summed E-state index contributed by atoms with van der Waals surface area (Å²) in [4.78, 5) is 7.72. The van der Waals surface area contributed by atoms with Crippen LogP contribution < -0.4 is 20.9 Å². The molecule has 19 heavy (non-hydrogen) atoms. The van der Waals surface area contributed by atoms with Gasteiger partial charge in [0.05, 0.1) is 13.3 Å². The van der Waals surface area contributed by atoms with E-state index in [0.29, 0.717) is 11.5 Å². The zero-order chi connectivity index (χ0) is 13.8. The first-order valence-corrected chi connectivity index (χ1v) is 5.87. The van der Waals surface area contributed by atoms with Gasteiger partial charge in [-0.25, -0.2) is 4.98 Å². The molecule has 2 rings (SSSR count). The number of rotatable bonds is 4. The second-order valence-corrected chi connectivity index (χ2v) is 3.87. The number of anilines is 2. The lowest BCUT2D eigenvalue weighted by molar-refractivity contribution is 0.402. The van der Waals surface area contributed by atoms with Crippen molar-refractivity contribution in [3.05, 3.63) is 30.0 Å². The van der Waals surface area contributed by atoms with Crippen LogP contribution in [0.2, 0.25) is 0 Å². The lowest BCUT2D eigenvalue weighted by atomic mass is 10.1. The molecule has 0 bridgehead atoms. The molecular formula is C13H16N4O2. The van der Waals surface area contributed by atoms with Gasteiger partial charge in [-0.05, 0) is 18.6 Å². The van der Waals surface area contributed by atoms with E-state index in [2.05, 4.69) is 9.97 Å². The molecule has 0 aliphatic rings. The van der Waals surface area contributed by atoms with Gasteiger partial charge in [0.25, 0.3) is 0 Å². The van der Waals surface area contributed by atoms with E-state index < -0.39 is 0 Å². The van der Waals surface area contributed by atoms with Gasteiger partial charge >= 0.3 is 0 Å². The Morgan fingerprint density at radius 2 is 1.89 bits per heavy atom. The van der Waals surface area contributed by atoms with Crippen LogP contribution in [-0.4, -0.2) is 17.1 Å². The molecule has 6 heteroatoms. The molecule has 0 spiro atoms. The van der Waals surface area contributed by atoms with Crippen LogP contribution in [0.15, 0.2) is 24.4 Å². The minimum Gasteiger partial charge on any atom is -0.496 e. The summed E-state index contributed by atoms with van der Waals surface area (Å²) in [5.74, 6) is 2.14. The molecule has 0 saturated carbocycles. The van der Waals surface area contributed by atoms with Crippen LogP contribution in [0.1, 0.15) is 12.5 Å². The summed E-state index contributed by atoms with van der Waals surface area (Å²) in [5, 5.41) is 0. The van der Waals surface area contributed by atoms with E-state index in [1.165, 1.54) is 6.20 Å². The van der Waals surface area contributed by atoms with Crippen molar-refractivity contribution in [2.75, 3.05) is 18.6 Å². The number of benzene rings is 1. The number of aromatic nitrogens is 2. The third kappa shape index (κ3) is 2.67. The van der Waals surface area contributed by atoms with Gasteiger partial charge < -0.3 is 20.9 Å². The number of nitrogens with zero attached hydrogens (tertiary/aromatic N) is 2. The number of hydrogen-bond acceptors (Lipinski definition) is 6. The van der Waals surface area contributed by atoms with E-state index in [-0.39, 0.29) is 11.8 Å². The minimum absolute atomic E-state index is 0.117. The van der Waals surface area contributed by atoms with Crippen LogP contribution in [0.3, 0.4) is 0 Å². The summed E-state index contributed by atoms with van der Waals surface area (Å²) in [6, 6.07) is 5.58. The molecule has 0 saturated heterocycles. The fraction of sp³-hybridized carbons (Fsp3) is 0.231. The molecule has 0 unspecified atom stereocenters. The van der Waals surface area contributed by atoms with Crippen molar-refractivity contribution in [2.45, 2.75) is 13.3 Å². The quantitative estimate of drug-likeness (QED) is 0.872. The number of methoxy groups -OCH3 is 1. The summed E-state index contributed by atoms with van der Waals surface area (Å²) in [6.07, 6.45) is 2.23. The van der Waals surface area contributed by atoms with E-state index in [1.54, 1.807) is 7.11 Å². The molecular weight excluding hydrogens is 244 g/mol. The van der Waals surface area contributed by atoms with Crippen molar-refractivity contribution < 1.29 is 9.47 Å². The molecule has 1 heterocycles. The number of hydrogen-bond donors (Lipinski definition) is 2. The molecule has 0 aliphatic heterocycles. The molecule has 1 aromatic carbocycles. The van der Waals surface area contributed by atoms with Crippen LogP contribution in [0.25, 0.3) is 0 Å². The fourth-order valence-electron chi connectivity index (χ4n) is 1.78. The van der Waals surface area contributed by atoms with Gasteiger partial charge in [0.15, 0.2) is 11.6 Å². The largest absolute Gasteiger partial charge is 0.496 e. The van der Waals surface area contributed by atoms with Crippen molar-refractivity contribution in [2.24, 2.45) is 0 Å². The molecule has 6 nitrogen and oxygen atoms in total. The molecule has 2 aromatic rings. The van der Waals surface area contributed by atoms with Crippen molar-refractivity contribution in [3.8, 4) is 17.2 Å². The lowest BCUT2D eigenvalue weighted by Crippen LogP contribution is -2.02. The number of nitrogen functional groups attached to an aromatic ring is 2. The first kappa shape index (κ1) is 12.9. The first-order valence-electron chi connectivity index (χ1n) is 5.87. The van der Waals surface area contributed by atoms with Gasteiger partial charge in [-0.3, -0.25) is 0 Å². The van der Waals surface area contributed by atoms with Crippen LogP contribution in [0, 0.1) is 0 Å². The predicted octanol–water partition coefficient (Wildman–Crippen LogP) is 2.00. The highest BCUT2D eigenvalue weighted by atomic mass is 16.5. The van der Waals surface area contributed by atoms with E-state index in [9.17, 15) is 0 Å². The molecule has 0 aliphatic carbocycles. The summed E-state index contributed by atoms with van der Waals surface area (Å²) >= 11 is 0. The fourth-order valence-corrected chi connectivity index (χ4v) is 1.78. The predicted molar refractivity (Wildman–Crippen MR) is 73.3 cm³/mol. The SMILES string of the molecule is CCc1c(OC)cccc1Oc1cnc(N)nc1N. The maximum atomic E-state index is 5.74. The zero-order valence-electron chi connectivity index (χ0n) is 10.9. The molecule has 100 valence electrons. The smallest absolute Gasteiger partial charge is 0.222 e. The molecule has 1 aromatic heterocycles. The van der Waals surface area contributed by atoms with Crippen LogP contribution in [0.4, 0.5) is 11.8 Å². The highest BCUT2D eigenvalue weighted by Gasteiger charge is 2.11. The van der Waals surface area contributed by atoms with Gasteiger partial charge in [0, 0.05) is 5.56 Å². The van der Waals surface area contributed by atoms with Crippen molar-refractivity contribution >= 4 is 11.8 Å². The number of ether oxygens (including phenoxy) is 2. The van der Waals surface area contributed by atoms with Crippen LogP contribution >= 0.6 is 0 Å². The Morgan fingerprint density at radius 3 is 2.53 bits per heavy atom. The van der Waals surface area contributed by atoms with Gasteiger partial charge in [0.2, 0.25) is 5.95 Å². The maximum Gasteiger partial charge on any atom is 0.222 e. The zero-order valence-corrected chi connectivity index (χ0v) is 10.9. The number of nitrogens with two attached hydrogens (primary N) is 2. The minimum atomic E-state index is 0.117. The van der Waals surface area contributed by atoms with Crippen molar-refractivity contribution in [1.29, 1.82) is 0 Å². The summed E-state index contributed by atoms with van der Waals surface area (Å²) < 4.78 is 11.0. The van der Waals surface area contributed by atoms with Crippen molar-refractivity contribution in [1.82, 2.24) is 9.97 Å². The Hall–Kier alpha value is -2.50. The lowest BCUT2D eigenvalue weighted by Gasteiger charge is -2.13. The van der Waals surface area contributed by atoms with Gasteiger partial charge in [0.1, 0.15) is 11.5 Å². The molecule has 0 radical (unpaired) electrons. The summed E-state index contributed by atoms with van der Waals surface area (Å²) in [6.45, 7) is 2.02. The first-order chi connectivity index (χ1) is 9.15. The second kappa shape index (κ2) is 5.43. The average molecular weight is 260 g/mol. The molecule has 0 fully saturated rings. The third-order valence-electron chi connectivity index (χ3n) is 2.68. The Bertz CT molecular complexity index is 587. The summed E-state index contributed by atoms with van der Waals surface area (Å²) in [7, 11) is 1.62. The van der Waals surface area contributed by atoms with Gasteiger partial charge in [-0.15, -0.1) is 0 Å². The second-order valence-electron chi connectivity index (χ2n) is 3.87. The maximum absolute atomic E-state index is 5.74. The molecule has 4 N–H and O–H groups in total. The van der Waals surface area contributed by atoms with E-state index in [1.807, 2.05) is 25.1 Å². The van der Waals surface area contributed by atoms with Crippen LogP contribution in [-0.2, 0) is 6.42 Å². The third-order valence-corrected chi connectivity index (χ3v) is 2.68. The van der Waals surface area contributed by atoms with Crippen LogP contribution in [0.5, 0.6) is 17.2 Å². The standard InChI is InChI=1S/C13H16N4O2/c1-3-8-9(18-2)5-4-6-10(8)19-11-7-16-13(15)17-12(11)14/h4-7H,3H2,1-2H3,(H4,14,15,16,17). The Balaban J connectivity index is 2.37. The van der Waals surface area contributed by atoms with E-state index in [4.69, 9.17) is 20.9 Å². The van der Waals surface area contributed by atoms with Gasteiger partial charge in [-0.1, -0.05) is 13.0 Å². The monoisotopic (exact) mass is 260 g/mol. The highest BCUT2D eigenvalue weighted by molar-refractivity contribution is 5.52. The van der Waals surface area contributed by atoms with E-state index in [0.717, 1.165) is 17.7 Å². The summed E-state index contributed by atoms with van der Waals surface area (Å²) in [5.41, 5.74) is 12.1. The Kier molecular flexibility index (Phi) is 3.70. The van der Waals surface area contributed by atoms with E-state index >= 15 is 0 Å². The Morgan fingerprint density at radius 1 is 1.16 bits per heavy atom. The highest BCUT2D eigenvalue weighted by Crippen LogP contribution is 2.33. The van der Waals surface area contributed by atoms with Crippen molar-refractivity contribution in [3.63, 3.8) is 0 Å². The normalized spacial score (nSPS) is 10.2. The Labute approximate surface area is 111 Å². The molecule has 0 atom stereocenters. The van der Waals surface area contributed by atoms with Gasteiger partial charge in [-0.2, -0.15) is 4.98 Å². The average Bonchev–Trinajstić information content (AvgIpc) is 2.41.